The molecule has 0 unspecified atom stereocenters. The first-order chi connectivity index (χ1) is 10.7. The van der Waals surface area contributed by atoms with Gasteiger partial charge in [-0.3, -0.25) is 14.7 Å². The summed E-state index contributed by atoms with van der Waals surface area (Å²) in [5, 5.41) is 6.95. The lowest BCUT2D eigenvalue weighted by Gasteiger charge is -2.12. The fraction of sp³-hybridized carbons (Fsp3) is 0.214. The van der Waals surface area contributed by atoms with Gasteiger partial charge in [-0.15, -0.1) is 0 Å². The van der Waals surface area contributed by atoms with Crippen molar-refractivity contribution in [2.24, 2.45) is 5.92 Å². The van der Waals surface area contributed by atoms with Gasteiger partial charge in [-0.2, -0.15) is 5.10 Å². The van der Waals surface area contributed by atoms with Crippen LogP contribution in [0.15, 0.2) is 30.6 Å². The van der Waals surface area contributed by atoms with E-state index in [1.54, 1.807) is 12.1 Å². The summed E-state index contributed by atoms with van der Waals surface area (Å²) in [5.74, 6) is -1.78. The van der Waals surface area contributed by atoms with E-state index < -0.39 is 23.7 Å². The van der Waals surface area contributed by atoms with Gasteiger partial charge in [0.2, 0.25) is 0 Å². The third kappa shape index (κ3) is 1.80. The Morgan fingerprint density at radius 1 is 1.23 bits per heavy atom. The topological polar surface area (TPSA) is 105 Å². The number of rotatable bonds is 3. The summed E-state index contributed by atoms with van der Waals surface area (Å²) in [4.78, 5) is 45.3. The van der Waals surface area contributed by atoms with Crippen molar-refractivity contribution in [3.63, 3.8) is 0 Å². The summed E-state index contributed by atoms with van der Waals surface area (Å²) in [6.07, 6.45) is 1.91. The molecule has 1 aliphatic carbocycles. The van der Waals surface area contributed by atoms with Gasteiger partial charge < -0.3 is 4.84 Å². The molecule has 1 aromatic heterocycles. The molecule has 1 fully saturated rings. The maximum Gasteiger partial charge on any atom is 0.337 e. The Morgan fingerprint density at radius 3 is 2.50 bits per heavy atom. The number of H-pyrrole nitrogens is 1. The van der Waals surface area contributed by atoms with Crippen molar-refractivity contribution in [2.75, 3.05) is 0 Å². The summed E-state index contributed by atoms with van der Waals surface area (Å²) in [5.41, 5.74) is 0.478. The summed E-state index contributed by atoms with van der Waals surface area (Å²) >= 11 is 0. The fourth-order valence-electron chi connectivity index (χ4n) is 2.56. The number of benzene rings is 1. The molecule has 1 saturated carbocycles. The van der Waals surface area contributed by atoms with Crippen LogP contribution in [-0.2, 0) is 9.63 Å². The van der Waals surface area contributed by atoms with Gasteiger partial charge in [0.25, 0.3) is 11.8 Å². The Kier molecular flexibility index (Phi) is 2.59. The van der Waals surface area contributed by atoms with Crippen LogP contribution in [0.5, 0.6) is 0 Å². The average Bonchev–Trinajstić information content (AvgIpc) is 3.08. The lowest BCUT2D eigenvalue weighted by molar-refractivity contribution is -0.170. The van der Waals surface area contributed by atoms with Crippen LogP contribution in [0.4, 0.5) is 0 Å². The Bertz CT molecular complexity index is 751. The van der Waals surface area contributed by atoms with E-state index in [1.165, 1.54) is 18.5 Å². The number of amides is 2. The molecule has 1 aromatic carbocycles. The van der Waals surface area contributed by atoms with Crippen molar-refractivity contribution in [1.29, 1.82) is 0 Å². The van der Waals surface area contributed by atoms with Gasteiger partial charge in [0, 0.05) is 5.92 Å². The first-order valence-corrected chi connectivity index (χ1v) is 6.71. The monoisotopic (exact) mass is 298 g/mol. The van der Waals surface area contributed by atoms with Crippen LogP contribution in [0.25, 0.3) is 0 Å². The molecule has 2 amide bonds. The standard InChI is InChI=1S/C14H10N4O4/c19-12-7-3-1-2-4-8(7)13(20)18(12)22-14(21)10-5-9(10)11-15-6-16-17-11/h1-4,6,9-10H,5H2,(H,15,16,17)/t9-,10-/m1/s1. The van der Waals surface area contributed by atoms with Gasteiger partial charge in [-0.05, 0) is 18.6 Å². The minimum Gasteiger partial charge on any atom is -0.329 e. The molecule has 110 valence electrons. The Balaban J connectivity index is 1.48. The molecule has 2 atom stereocenters. The van der Waals surface area contributed by atoms with E-state index in [0.29, 0.717) is 17.3 Å². The van der Waals surface area contributed by atoms with Crippen LogP contribution in [0.2, 0.25) is 0 Å². The molecule has 0 radical (unpaired) electrons. The number of aromatic nitrogens is 3. The molecular weight excluding hydrogens is 288 g/mol. The number of carbonyl (C=O) groups excluding carboxylic acids is 3. The van der Waals surface area contributed by atoms with Crippen molar-refractivity contribution < 1.29 is 19.2 Å². The number of imide groups is 1. The number of fused-ring (bicyclic) bond motifs is 1. The zero-order valence-electron chi connectivity index (χ0n) is 11.2. The number of carbonyl (C=O) groups is 3. The number of nitrogens with zero attached hydrogens (tertiary/aromatic N) is 3. The fourth-order valence-corrected chi connectivity index (χ4v) is 2.56. The van der Waals surface area contributed by atoms with Gasteiger partial charge >= 0.3 is 5.97 Å². The Labute approximate surface area is 124 Å². The van der Waals surface area contributed by atoms with E-state index in [1.807, 2.05) is 0 Å². The maximum absolute atomic E-state index is 12.1. The molecule has 22 heavy (non-hydrogen) atoms. The van der Waals surface area contributed by atoms with Crippen molar-refractivity contribution in [3.05, 3.63) is 47.5 Å². The minimum absolute atomic E-state index is 0.106. The van der Waals surface area contributed by atoms with Gasteiger partial charge in [0.15, 0.2) is 0 Å². The number of hydroxylamine groups is 2. The highest BCUT2D eigenvalue weighted by atomic mass is 16.7. The average molecular weight is 298 g/mol. The zero-order chi connectivity index (χ0) is 15.3. The molecule has 0 spiro atoms. The third-order valence-electron chi connectivity index (χ3n) is 3.82. The van der Waals surface area contributed by atoms with E-state index >= 15 is 0 Å². The Hall–Kier alpha value is -3.03. The first kappa shape index (κ1) is 12.7. The quantitative estimate of drug-likeness (QED) is 0.835. The van der Waals surface area contributed by atoms with Crippen LogP contribution in [0, 0.1) is 5.92 Å². The number of hydrogen-bond donors (Lipinski definition) is 1. The third-order valence-corrected chi connectivity index (χ3v) is 3.82. The van der Waals surface area contributed by atoms with Crippen molar-refractivity contribution >= 4 is 17.8 Å². The summed E-state index contributed by atoms with van der Waals surface area (Å²) in [7, 11) is 0. The highest BCUT2D eigenvalue weighted by molar-refractivity contribution is 6.20. The summed E-state index contributed by atoms with van der Waals surface area (Å²) < 4.78 is 0. The van der Waals surface area contributed by atoms with E-state index in [4.69, 9.17) is 4.84 Å². The number of aromatic amines is 1. The molecular formula is C14H10N4O4. The lowest BCUT2D eigenvalue weighted by Crippen LogP contribution is -2.33. The minimum atomic E-state index is -0.620. The van der Waals surface area contributed by atoms with Crippen LogP contribution >= 0.6 is 0 Å². The molecule has 4 rings (SSSR count). The van der Waals surface area contributed by atoms with Gasteiger partial charge in [-0.1, -0.05) is 17.2 Å². The van der Waals surface area contributed by atoms with E-state index in [2.05, 4.69) is 15.2 Å². The second-order valence-corrected chi connectivity index (χ2v) is 5.18. The van der Waals surface area contributed by atoms with Crippen LogP contribution in [-0.4, -0.2) is 38.0 Å². The van der Waals surface area contributed by atoms with Crippen molar-refractivity contribution in [3.8, 4) is 0 Å². The normalized spacial score (nSPS) is 22.6. The van der Waals surface area contributed by atoms with E-state index in [0.717, 1.165) is 0 Å². The molecule has 0 bridgehead atoms. The highest BCUT2D eigenvalue weighted by Crippen LogP contribution is 2.46. The predicted molar refractivity (Wildman–Crippen MR) is 70.3 cm³/mol. The second kappa shape index (κ2) is 4.48. The SMILES string of the molecule is O=C(ON1C(=O)c2ccccc2C1=O)[C@@H]1C[C@H]1c1ncn[nH]1. The second-order valence-electron chi connectivity index (χ2n) is 5.18. The van der Waals surface area contributed by atoms with Crippen LogP contribution in [0.1, 0.15) is 38.9 Å². The smallest absolute Gasteiger partial charge is 0.329 e. The molecule has 1 aliphatic heterocycles. The van der Waals surface area contributed by atoms with E-state index in [9.17, 15) is 14.4 Å². The highest BCUT2D eigenvalue weighted by Gasteiger charge is 2.50. The zero-order valence-corrected chi connectivity index (χ0v) is 11.2. The summed E-state index contributed by atoms with van der Waals surface area (Å²) in [6.45, 7) is 0. The number of hydrogen-bond acceptors (Lipinski definition) is 6. The largest absolute Gasteiger partial charge is 0.337 e. The molecule has 2 aromatic rings. The van der Waals surface area contributed by atoms with Crippen LogP contribution in [0.3, 0.4) is 0 Å². The first-order valence-electron chi connectivity index (χ1n) is 6.71. The molecule has 2 heterocycles. The van der Waals surface area contributed by atoms with Gasteiger partial charge in [-0.25, -0.2) is 9.78 Å². The predicted octanol–water partition coefficient (Wildman–Crippen LogP) is 0.663. The molecule has 8 nitrogen and oxygen atoms in total. The van der Waals surface area contributed by atoms with Crippen molar-refractivity contribution in [1.82, 2.24) is 20.2 Å². The van der Waals surface area contributed by atoms with Gasteiger partial charge in [0.05, 0.1) is 17.0 Å². The molecule has 2 aliphatic rings. The Morgan fingerprint density at radius 2 is 1.91 bits per heavy atom. The van der Waals surface area contributed by atoms with E-state index in [-0.39, 0.29) is 17.0 Å². The molecule has 1 N–H and O–H groups in total. The lowest BCUT2D eigenvalue weighted by atomic mass is 10.1. The summed E-state index contributed by atoms with van der Waals surface area (Å²) in [6, 6.07) is 6.35. The van der Waals surface area contributed by atoms with Crippen molar-refractivity contribution in [2.45, 2.75) is 12.3 Å². The van der Waals surface area contributed by atoms with Gasteiger partial charge in [0.1, 0.15) is 12.2 Å². The van der Waals surface area contributed by atoms with Crippen LogP contribution < -0.4 is 0 Å². The molecule has 0 saturated heterocycles. The number of nitrogens with one attached hydrogen (secondary N) is 1. The maximum atomic E-state index is 12.1. The molecule has 8 heteroatoms.